The van der Waals surface area contributed by atoms with Crippen LogP contribution in [-0.4, -0.2) is 15.0 Å². The van der Waals surface area contributed by atoms with E-state index < -0.39 is 10.0 Å². The van der Waals surface area contributed by atoms with Crippen LogP contribution in [-0.2, 0) is 22.2 Å². The highest BCUT2D eigenvalue weighted by molar-refractivity contribution is 7.88. The van der Waals surface area contributed by atoms with Crippen molar-refractivity contribution < 1.29 is 12.8 Å². The maximum absolute atomic E-state index is 11.9. The SMILES string of the molecule is Cc1ccc(CS(=O)(=O)NCCc2ccco2)cc1. The molecule has 0 aliphatic rings. The average Bonchev–Trinajstić information content (AvgIpc) is 2.85. The molecule has 0 radical (unpaired) electrons. The zero-order valence-electron chi connectivity index (χ0n) is 10.8. The van der Waals surface area contributed by atoms with Gasteiger partial charge in [0.05, 0.1) is 12.0 Å². The number of benzene rings is 1. The van der Waals surface area contributed by atoms with Gasteiger partial charge in [0.1, 0.15) is 5.76 Å². The minimum absolute atomic E-state index is 0.00539. The zero-order chi connectivity index (χ0) is 13.7. The van der Waals surface area contributed by atoms with Gasteiger partial charge >= 0.3 is 0 Å². The Morgan fingerprint density at radius 3 is 2.53 bits per heavy atom. The molecule has 0 spiro atoms. The number of nitrogens with one attached hydrogen (secondary N) is 1. The number of hydrogen-bond donors (Lipinski definition) is 1. The van der Waals surface area contributed by atoms with Crippen molar-refractivity contribution in [2.75, 3.05) is 6.54 Å². The van der Waals surface area contributed by atoms with Crippen LogP contribution in [0.2, 0.25) is 0 Å². The summed E-state index contributed by atoms with van der Waals surface area (Å²) >= 11 is 0. The predicted molar refractivity (Wildman–Crippen MR) is 74.2 cm³/mol. The standard InChI is InChI=1S/C14H17NO3S/c1-12-4-6-13(7-5-12)11-19(16,17)15-9-8-14-3-2-10-18-14/h2-7,10,15H,8-9,11H2,1H3. The largest absolute Gasteiger partial charge is 0.469 e. The topological polar surface area (TPSA) is 59.3 Å². The summed E-state index contributed by atoms with van der Waals surface area (Å²) in [5.41, 5.74) is 1.91. The van der Waals surface area contributed by atoms with E-state index in [-0.39, 0.29) is 5.75 Å². The zero-order valence-corrected chi connectivity index (χ0v) is 11.6. The number of hydrogen-bond acceptors (Lipinski definition) is 3. The molecule has 0 atom stereocenters. The highest BCUT2D eigenvalue weighted by atomic mass is 32.2. The molecule has 0 saturated carbocycles. The Balaban J connectivity index is 1.86. The van der Waals surface area contributed by atoms with Gasteiger partial charge in [-0.05, 0) is 24.6 Å². The number of rotatable bonds is 6. The molecule has 0 fully saturated rings. The molecule has 2 aromatic rings. The summed E-state index contributed by atoms with van der Waals surface area (Å²) < 4.78 is 31.5. The van der Waals surface area contributed by atoms with Crippen LogP contribution in [0.15, 0.2) is 47.1 Å². The highest BCUT2D eigenvalue weighted by Crippen LogP contribution is 2.07. The predicted octanol–water partition coefficient (Wildman–Crippen LogP) is 2.25. The number of sulfonamides is 1. The van der Waals surface area contributed by atoms with Gasteiger partial charge < -0.3 is 4.42 Å². The van der Waals surface area contributed by atoms with Crippen LogP contribution in [0.25, 0.3) is 0 Å². The van der Waals surface area contributed by atoms with Crippen molar-refractivity contribution in [1.29, 1.82) is 0 Å². The second kappa shape index (κ2) is 6.04. The Hall–Kier alpha value is -1.59. The Bertz CT molecular complexity index is 601. The first-order chi connectivity index (χ1) is 9.05. The van der Waals surface area contributed by atoms with E-state index >= 15 is 0 Å². The van der Waals surface area contributed by atoms with Crippen LogP contribution in [0.3, 0.4) is 0 Å². The van der Waals surface area contributed by atoms with E-state index in [1.165, 1.54) is 0 Å². The van der Waals surface area contributed by atoms with Gasteiger partial charge in [0.15, 0.2) is 0 Å². The van der Waals surface area contributed by atoms with E-state index in [0.29, 0.717) is 13.0 Å². The van der Waals surface area contributed by atoms with Crippen molar-refractivity contribution in [3.05, 3.63) is 59.5 Å². The molecule has 1 heterocycles. The van der Waals surface area contributed by atoms with E-state index in [1.54, 1.807) is 12.3 Å². The molecule has 1 aromatic carbocycles. The van der Waals surface area contributed by atoms with E-state index in [1.807, 2.05) is 37.3 Å². The van der Waals surface area contributed by atoms with Gasteiger partial charge in [-0.3, -0.25) is 0 Å². The molecule has 0 amide bonds. The van der Waals surface area contributed by atoms with Gasteiger partial charge in [-0.2, -0.15) is 0 Å². The molecule has 5 heteroatoms. The molecule has 2 rings (SSSR count). The lowest BCUT2D eigenvalue weighted by atomic mass is 10.2. The summed E-state index contributed by atoms with van der Waals surface area (Å²) in [4.78, 5) is 0. The Morgan fingerprint density at radius 1 is 1.16 bits per heavy atom. The Morgan fingerprint density at radius 2 is 1.89 bits per heavy atom. The molecule has 0 bridgehead atoms. The summed E-state index contributed by atoms with van der Waals surface area (Å²) in [5, 5.41) is 0. The van der Waals surface area contributed by atoms with E-state index in [4.69, 9.17) is 4.42 Å². The minimum Gasteiger partial charge on any atom is -0.469 e. The molecule has 19 heavy (non-hydrogen) atoms. The minimum atomic E-state index is -3.29. The van der Waals surface area contributed by atoms with Crippen molar-refractivity contribution in [1.82, 2.24) is 4.72 Å². The first-order valence-electron chi connectivity index (χ1n) is 6.10. The van der Waals surface area contributed by atoms with Crippen LogP contribution >= 0.6 is 0 Å². The van der Waals surface area contributed by atoms with E-state index in [9.17, 15) is 8.42 Å². The van der Waals surface area contributed by atoms with Gasteiger partial charge in [-0.25, -0.2) is 13.1 Å². The van der Waals surface area contributed by atoms with Gasteiger partial charge in [-0.15, -0.1) is 0 Å². The first-order valence-corrected chi connectivity index (χ1v) is 7.76. The monoisotopic (exact) mass is 279 g/mol. The van der Waals surface area contributed by atoms with Crippen LogP contribution in [0, 0.1) is 6.92 Å². The van der Waals surface area contributed by atoms with Gasteiger partial charge in [0, 0.05) is 13.0 Å². The third-order valence-corrected chi connectivity index (χ3v) is 4.11. The normalized spacial score (nSPS) is 11.6. The molecular formula is C14H17NO3S. The maximum Gasteiger partial charge on any atom is 0.215 e. The van der Waals surface area contributed by atoms with Crippen molar-refractivity contribution >= 4 is 10.0 Å². The second-order valence-electron chi connectivity index (χ2n) is 4.47. The third kappa shape index (κ3) is 4.54. The molecule has 0 saturated heterocycles. The van der Waals surface area contributed by atoms with E-state index in [0.717, 1.165) is 16.9 Å². The summed E-state index contributed by atoms with van der Waals surface area (Å²) in [6.45, 7) is 2.32. The highest BCUT2D eigenvalue weighted by Gasteiger charge is 2.11. The summed E-state index contributed by atoms with van der Waals surface area (Å²) in [5.74, 6) is 0.781. The molecule has 102 valence electrons. The van der Waals surface area contributed by atoms with Crippen molar-refractivity contribution in [2.24, 2.45) is 0 Å². The summed E-state index contributed by atoms with van der Waals surface area (Å²) in [7, 11) is -3.29. The molecule has 0 aliphatic carbocycles. The number of aryl methyl sites for hydroxylation is 1. The van der Waals surface area contributed by atoms with Gasteiger partial charge in [0.25, 0.3) is 0 Å². The fourth-order valence-electron chi connectivity index (χ4n) is 1.74. The molecule has 1 N–H and O–H groups in total. The molecule has 4 nitrogen and oxygen atoms in total. The fraction of sp³-hybridized carbons (Fsp3) is 0.286. The van der Waals surface area contributed by atoms with E-state index in [2.05, 4.69) is 4.72 Å². The smallest absolute Gasteiger partial charge is 0.215 e. The molecule has 1 aromatic heterocycles. The first kappa shape index (κ1) is 13.8. The van der Waals surface area contributed by atoms with Gasteiger partial charge in [-0.1, -0.05) is 29.8 Å². The van der Waals surface area contributed by atoms with Crippen LogP contribution < -0.4 is 4.72 Å². The Kier molecular flexibility index (Phi) is 4.39. The molecule has 0 aliphatic heterocycles. The van der Waals surface area contributed by atoms with Crippen molar-refractivity contribution in [3.63, 3.8) is 0 Å². The molecular weight excluding hydrogens is 262 g/mol. The fourth-order valence-corrected chi connectivity index (χ4v) is 2.89. The number of furan rings is 1. The summed E-state index contributed by atoms with van der Waals surface area (Å²) in [6.07, 6.45) is 2.14. The maximum atomic E-state index is 11.9. The third-order valence-electron chi connectivity index (χ3n) is 2.75. The quantitative estimate of drug-likeness (QED) is 0.882. The lowest BCUT2D eigenvalue weighted by Crippen LogP contribution is -2.27. The Labute approximate surface area is 113 Å². The van der Waals surface area contributed by atoms with Crippen molar-refractivity contribution in [3.8, 4) is 0 Å². The van der Waals surface area contributed by atoms with Crippen molar-refractivity contribution in [2.45, 2.75) is 19.1 Å². The lowest BCUT2D eigenvalue weighted by molar-refractivity contribution is 0.506. The van der Waals surface area contributed by atoms with Crippen LogP contribution in [0.5, 0.6) is 0 Å². The lowest BCUT2D eigenvalue weighted by Gasteiger charge is -2.06. The van der Waals surface area contributed by atoms with Crippen LogP contribution in [0.4, 0.5) is 0 Å². The average molecular weight is 279 g/mol. The molecule has 0 unspecified atom stereocenters. The van der Waals surface area contributed by atoms with Gasteiger partial charge in [0.2, 0.25) is 10.0 Å². The second-order valence-corrected chi connectivity index (χ2v) is 6.28. The van der Waals surface area contributed by atoms with Crippen LogP contribution in [0.1, 0.15) is 16.9 Å². The summed E-state index contributed by atoms with van der Waals surface area (Å²) in [6, 6.07) is 11.1.